The topological polar surface area (TPSA) is 109 Å². The molecule has 2 saturated heterocycles. The number of fused-ring (bicyclic) bond motifs is 1. The fourth-order valence-corrected chi connectivity index (χ4v) is 5.13. The quantitative estimate of drug-likeness (QED) is 0.470. The lowest BCUT2D eigenvalue weighted by Gasteiger charge is -2.29. The van der Waals surface area contributed by atoms with Crippen LogP contribution in [0.4, 0.5) is 5.82 Å². The maximum Gasteiger partial charge on any atom is 0.152 e. The molecular weight excluding hydrogens is 444 g/mol. The first-order valence-corrected chi connectivity index (χ1v) is 12.2. The van der Waals surface area contributed by atoms with Gasteiger partial charge in [0.2, 0.25) is 0 Å². The van der Waals surface area contributed by atoms with Crippen molar-refractivity contribution in [2.24, 2.45) is 0 Å². The third-order valence-electron chi connectivity index (χ3n) is 7.07. The zero-order valence-corrected chi connectivity index (χ0v) is 19.9. The summed E-state index contributed by atoms with van der Waals surface area (Å²) in [5, 5.41) is 13.2. The van der Waals surface area contributed by atoms with Gasteiger partial charge in [0.15, 0.2) is 5.82 Å². The highest BCUT2D eigenvalue weighted by atomic mass is 16.5. The number of ether oxygens (including phenoxy) is 2. The molecule has 0 aliphatic carbocycles. The van der Waals surface area contributed by atoms with Gasteiger partial charge in [-0.3, -0.25) is 0 Å². The minimum Gasteiger partial charge on any atom is -0.490 e. The van der Waals surface area contributed by atoms with Gasteiger partial charge in [-0.15, -0.1) is 5.10 Å². The molecule has 0 bridgehead atoms. The highest BCUT2D eigenvalue weighted by Crippen LogP contribution is 2.37. The summed E-state index contributed by atoms with van der Waals surface area (Å²) in [5.41, 5.74) is 10.9. The van der Waals surface area contributed by atoms with Crippen LogP contribution < -0.4 is 10.5 Å². The number of nitrogen functional groups attached to an aromatic ring is 1. The fraction of sp³-hybridized carbons (Fsp3) is 0.440. The molecule has 3 aromatic heterocycles. The highest BCUT2D eigenvalue weighted by Gasteiger charge is 2.25. The molecule has 0 amide bonds. The molecule has 2 N–H and O–H groups in total. The standard InChI is InChI=1S/C25H30N8O2/c1-31-9-5-19(6-10-31)35-20-4-2-3-17(13-20)22-14-21(24-25(26)27-16-29-33(22)24)23-15-28-30-32(23)18-7-11-34-12-8-18/h2-4,13-16,18-19H,5-12H2,1H3,(H2,26,27,29). The van der Waals surface area contributed by atoms with Gasteiger partial charge in [-0.2, -0.15) is 5.10 Å². The molecular formula is C25H30N8O2. The second kappa shape index (κ2) is 9.27. The Bertz CT molecular complexity index is 1320. The smallest absolute Gasteiger partial charge is 0.152 e. The van der Waals surface area contributed by atoms with Crippen LogP contribution in [0.15, 0.2) is 42.9 Å². The van der Waals surface area contributed by atoms with Crippen LogP contribution in [0.25, 0.3) is 28.0 Å². The molecule has 0 saturated carbocycles. The number of nitrogens with zero attached hydrogens (tertiary/aromatic N) is 7. The van der Waals surface area contributed by atoms with Gasteiger partial charge in [0, 0.05) is 37.4 Å². The largest absolute Gasteiger partial charge is 0.490 e. The van der Waals surface area contributed by atoms with E-state index in [0.717, 1.165) is 85.8 Å². The van der Waals surface area contributed by atoms with Crippen LogP contribution in [0.5, 0.6) is 5.75 Å². The molecule has 2 fully saturated rings. The molecule has 6 rings (SSSR count). The molecule has 182 valence electrons. The number of hydrogen-bond donors (Lipinski definition) is 1. The minimum atomic E-state index is 0.233. The molecule has 10 nitrogen and oxygen atoms in total. The van der Waals surface area contributed by atoms with Gasteiger partial charge >= 0.3 is 0 Å². The van der Waals surface area contributed by atoms with Crippen molar-refractivity contribution < 1.29 is 9.47 Å². The van der Waals surface area contributed by atoms with Crippen molar-refractivity contribution in [2.45, 2.75) is 37.8 Å². The summed E-state index contributed by atoms with van der Waals surface area (Å²) >= 11 is 0. The summed E-state index contributed by atoms with van der Waals surface area (Å²) in [7, 11) is 2.16. The van der Waals surface area contributed by atoms with E-state index >= 15 is 0 Å². The van der Waals surface area contributed by atoms with E-state index in [2.05, 4.69) is 50.5 Å². The molecule has 0 unspecified atom stereocenters. The predicted molar refractivity (Wildman–Crippen MR) is 132 cm³/mol. The van der Waals surface area contributed by atoms with E-state index < -0.39 is 0 Å². The summed E-state index contributed by atoms with van der Waals surface area (Å²) in [6, 6.07) is 10.5. The first kappa shape index (κ1) is 22.0. The number of anilines is 1. The average Bonchev–Trinajstić information content (AvgIpc) is 3.52. The Hall–Kier alpha value is -3.50. The molecule has 0 atom stereocenters. The lowest BCUT2D eigenvalue weighted by atomic mass is 10.1. The fourth-order valence-electron chi connectivity index (χ4n) is 5.13. The first-order chi connectivity index (χ1) is 17.2. The van der Waals surface area contributed by atoms with Gasteiger partial charge in [0.1, 0.15) is 23.7 Å². The van der Waals surface area contributed by atoms with Gasteiger partial charge in [0.25, 0.3) is 0 Å². The van der Waals surface area contributed by atoms with E-state index in [4.69, 9.17) is 15.2 Å². The van der Waals surface area contributed by atoms with Crippen LogP contribution in [-0.2, 0) is 4.74 Å². The molecule has 1 aromatic carbocycles. The van der Waals surface area contributed by atoms with Crippen LogP contribution in [0, 0.1) is 0 Å². The van der Waals surface area contributed by atoms with Crippen molar-refractivity contribution >= 4 is 11.3 Å². The monoisotopic (exact) mass is 474 g/mol. The summed E-state index contributed by atoms with van der Waals surface area (Å²) in [5.74, 6) is 1.28. The van der Waals surface area contributed by atoms with Crippen LogP contribution in [0.1, 0.15) is 31.7 Å². The summed E-state index contributed by atoms with van der Waals surface area (Å²) < 4.78 is 15.7. The van der Waals surface area contributed by atoms with Gasteiger partial charge < -0.3 is 20.1 Å². The Morgan fingerprint density at radius 3 is 2.71 bits per heavy atom. The molecule has 2 aliphatic heterocycles. The van der Waals surface area contributed by atoms with Crippen molar-refractivity contribution in [2.75, 3.05) is 39.1 Å². The van der Waals surface area contributed by atoms with Crippen molar-refractivity contribution in [3.05, 3.63) is 42.9 Å². The third-order valence-corrected chi connectivity index (χ3v) is 7.07. The molecule has 2 aliphatic rings. The van der Waals surface area contributed by atoms with E-state index in [1.165, 1.54) is 6.33 Å². The van der Waals surface area contributed by atoms with Crippen LogP contribution in [-0.4, -0.2) is 73.9 Å². The highest BCUT2D eigenvalue weighted by molar-refractivity contribution is 5.90. The van der Waals surface area contributed by atoms with E-state index in [-0.39, 0.29) is 12.1 Å². The first-order valence-electron chi connectivity index (χ1n) is 12.2. The van der Waals surface area contributed by atoms with Gasteiger partial charge in [0.05, 0.1) is 23.6 Å². The maximum atomic E-state index is 6.38. The van der Waals surface area contributed by atoms with Crippen molar-refractivity contribution in [1.82, 2.24) is 34.5 Å². The molecule has 5 heterocycles. The summed E-state index contributed by atoms with van der Waals surface area (Å²) in [6.07, 6.45) is 7.38. The summed E-state index contributed by atoms with van der Waals surface area (Å²) in [6.45, 7) is 3.56. The molecule has 35 heavy (non-hydrogen) atoms. The normalized spacial score (nSPS) is 18.3. The molecule has 10 heteroatoms. The second-order valence-corrected chi connectivity index (χ2v) is 9.40. The van der Waals surface area contributed by atoms with E-state index in [9.17, 15) is 0 Å². The van der Waals surface area contributed by atoms with Crippen LogP contribution in [0.3, 0.4) is 0 Å². The maximum absolute atomic E-state index is 6.38. The van der Waals surface area contributed by atoms with Gasteiger partial charge in [-0.25, -0.2) is 14.2 Å². The number of likely N-dealkylation sites (tertiary alicyclic amines) is 1. The van der Waals surface area contributed by atoms with Crippen LogP contribution >= 0.6 is 0 Å². The van der Waals surface area contributed by atoms with E-state index in [0.29, 0.717) is 5.82 Å². The predicted octanol–water partition coefficient (Wildman–Crippen LogP) is 3.06. The van der Waals surface area contributed by atoms with Gasteiger partial charge in [-0.05, 0) is 50.9 Å². The lowest BCUT2D eigenvalue weighted by Crippen LogP contribution is -2.35. The SMILES string of the molecule is CN1CCC(Oc2cccc(-c3cc(-c4cnnn4C4CCOCC4)c4c(N)ncnn34)c2)CC1. The molecule has 0 spiro atoms. The van der Waals surface area contributed by atoms with E-state index in [1.807, 2.05) is 21.3 Å². The zero-order valence-electron chi connectivity index (χ0n) is 19.9. The second-order valence-electron chi connectivity index (χ2n) is 9.40. The number of nitrogens with two attached hydrogens (primary N) is 1. The number of rotatable bonds is 5. The lowest BCUT2D eigenvalue weighted by molar-refractivity contribution is 0.0662. The van der Waals surface area contributed by atoms with Crippen molar-refractivity contribution in [3.8, 4) is 28.3 Å². The number of aromatic nitrogens is 6. The number of piperidine rings is 1. The Labute approximate surface area is 203 Å². The number of hydrogen-bond acceptors (Lipinski definition) is 8. The molecule has 0 radical (unpaired) electrons. The van der Waals surface area contributed by atoms with Crippen molar-refractivity contribution in [1.29, 1.82) is 0 Å². The summed E-state index contributed by atoms with van der Waals surface area (Å²) in [4.78, 5) is 6.62. The zero-order chi connectivity index (χ0) is 23.8. The van der Waals surface area contributed by atoms with Gasteiger partial charge in [-0.1, -0.05) is 17.3 Å². The third kappa shape index (κ3) is 4.23. The Morgan fingerprint density at radius 1 is 1.06 bits per heavy atom. The Morgan fingerprint density at radius 2 is 1.89 bits per heavy atom. The number of benzene rings is 1. The van der Waals surface area contributed by atoms with Crippen molar-refractivity contribution in [3.63, 3.8) is 0 Å². The minimum absolute atomic E-state index is 0.233. The van der Waals surface area contributed by atoms with Crippen LogP contribution in [0.2, 0.25) is 0 Å². The van der Waals surface area contributed by atoms with E-state index in [1.54, 1.807) is 6.20 Å². The Balaban J connectivity index is 1.39. The molecule has 4 aromatic rings. The average molecular weight is 475 g/mol. The Kier molecular flexibility index (Phi) is 5.83.